The molecule has 0 bridgehead atoms. The highest BCUT2D eigenvalue weighted by molar-refractivity contribution is 6.00. The molecular weight excluding hydrogens is 272 g/mol. The van der Waals surface area contributed by atoms with Crippen molar-refractivity contribution in [2.75, 3.05) is 6.61 Å². The zero-order valence-electron chi connectivity index (χ0n) is 12.7. The van der Waals surface area contributed by atoms with Crippen molar-refractivity contribution in [3.05, 3.63) is 23.8 Å². The lowest BCUT2D eigenvalue weighted by Gasteiger charge is -2.31. The number of carboxylic acid groups (broad SMARTS) is 1. The van der Waals surface area contributed by atoms with Crippen molar-refractivity contribution >= 4 is 11.8 Å². The first-order valence-corrected chi connectivity index (χ1v) is 6.83. The van der Waals surface area contributed by atoms with E-state index in [1.807, 2.05) is 13.8 Å². The number of hydrogen-bond donors (Lipinski definition) is 1. The van der Waals surface area contributed by atoms with Gasteiger partial charge in [-0.25, -0.2) is 0 Å². The summed E-state index contributed by atoms with van der Waals surface area (Å²) in [4.78, 5) is 23.1. The quantitative estimate of drug-likeness (QED) is 0.923. The zero-order chi connectivity index (χ0) is 15.8. The van der Waals surface area contributed by atoms with Crippen molar-refractivity contribution in [3.63, 3.8) is 0 Å². The molecule has 1 heterocycles. The molecule has 0 radical (unpaired) electrons. The molecule has 1 aliphatic heterocycles. The van der Waals surface area contributed by atoms with Gasteiger partial charge >= 0.3 is 5.97 Å². The molecule has 1 aromatic carbocycles. The third-order valence-corrected chi connectivity index (χ3v) is 3.40. The van der Waals surface area contributed by atoms with E-state index in [4.69, 9.17) is 14.6 Å². The molecule has 2 rings (SSSR count). The first-order valence-electron chi connectivity index (χ1n) is 6.83. The minimum Gasteiger partial charge on any atom is -0.492 e. The first kappa shape index (κ1) is 15.4. The second-order valence-corrected chi connectivity index (χ2v) is 6.60. The second kappa shape index (κ2) is 5.06. The number of aliphatic carboxylic acids is 1. The molecule has 0 aromatic heterocycles. The average molecular weight is 292 g/mol. The van der Waals surface area contributed by atoms with Crippen molar-refractivity contribution in [3.8, 4) is 11.5 Å². The minimum atomic E-state index is -0.980. The summed E-state index contributed by atoms with van der Waals surface area (Å²) in [5.74, 6) is 0.0992. The van der Waals surface area contributed by atoms with Crippen molar-refractivity contribution in [1.82, 2.24) is 0 Å². The fourth-order valence-corrected chi connectivity index (χ4v) is 2.05. The number of benzene rings is 1. The summed E-state index contributed by atoms with van der Waals surface area (Å²) in [6, 6.07) is 4.97. The van der Waals surface area contributed by atoms with Gasteiger partial charge in [0.15, 0.2) is 5.78 Å². The number of ether oxygens (including phenoxy) is 2. The van der Waals surface area contributed by atoms with Gasteiger partial charge in [-0.15, -0.1) is 0 Å². The van der Waals surface area contributed by atoms with Crippen LogP contribution >= 0.6 is 0 Å². The van der Waals surface area contributed by atoms with Crippen LogP contribution in [0, 0.1) is 5.41 Å². The molecule has 0 saturated carbocycles. The second-order valence-electron chi connectivity index (χ2n) is 6.60. The Morgan fingerprint density at radius 1 is 1.43 bits per heavy atom. The lowest BCUT2D eigenvalue weighted by molar-refractivity contribution is -0.148. The standard InChI is InChI=1S/C16H20O5/c1-15(2,14(18)19)9-20-10-5-6-11-12(17)8-16(3,4)21-13(11)7-10/h5-7H,8-9H2,1-4H3,(H,18,19). The van der Waals surface area contributed by atoms with E-state index in [2.05, 4.69) is 0 Å². The van der Waals surface area contributed by atoms with Gasteiger partial charge in [-0.05, 0) is 39.8 Å². The van der Waals surface area contributed by atoms with Crippen LogP contribution < -0.4 is 9.47 Å². The highest BCUT2D eigenvalue weighted by Crippen LogP contribution is 2.35. The Kier molecular flexibility index (Phi) is 3.70. The third kappa shape index (κ3) is 3.35. The molecule has 0 amide bonds. The Bertz CT molecular complexity index is 586. The number of rotatable bonds is 4. The number of hydrogen-bond acceptors (Lipinski definition) is 4. The summed E-state index contributed by atoms with van der Waals surface area (Å²) in [5, 5.41) is 9.07. The van der Waals surface area contributed by atoms with Gasteiger partial charge in [0.25, 0.3) is 0 Å². The normalized spacial score (nSPS) is 16.9. The van der Waals surface area contributed by atoms with E-state index in [1.54, 1.807) is 32.0 Å². The smallest absolute Gasteiger partial charge is 0.312 e. The predicted octanol–water partition coefficient (Wildman–Crippen LogP) is 2.92. The van der Waals surface area contributed by atoms with E-state index in [0.29, 0.717) is 23.5 Å². The van der Waals surface area contributed by atoms with Gasteiger partial charge in [-0.2, -0.15) is 0 Å². The van der Waals surface area contributed by atoms with E-state index in [-0.39, 0.29) is 12.4 Å². The van der Waals surface area contributed by atoms with Crippen LogP contribution in [0.5, 0.6) is 11.5 Å². The summed E-state index contributed by atoms with van der Waals surface area (Å²) in [7, 11) is 0. The Labute approximate surface area is 123 Å². The Morgan fingerprint density at radius 3 is 2.71 bits per heavy atom. The number of carbonyl (C=O) groups excluding carboxylic acids is 1. The van der Waals surface area contributed by atoms with Gasteiger partial charge in [-0.1, -0.05) is 0 Å². The molecule has 114 valence electrons. The van der Waals surface area contributed by atoms with Crippen molar-refractivity contribution in [1.29, 1.82) is 0 Å². The maximum atomic E-state index is 12.0. The maximum absolute atomic E-state index is 12.0. The lowest BCUT2D eigenvalue weighted by atomic mass is 9.93. The highest BCUT2D eigenvalue weighted by Gasteiger charge is 2.33. The maximum Gasteiger partial charge on any atom is 0.312 e. The van der Waals surface area contributed by atoms with Crippen molar-refractivity contribution in [2.45, 2.75) is 39.7 Å². The highest BCUT2D eigenvalue weighted by atomic mass is 16.5. The summed E-state index contributed by atoms with van der Waals surface area (Å²) in [5.41, 5.74) is -0.978. The molecule has 0 fully saturated rings. The van der Waals surface area contributed by atoms with Crippen LogP contribution in [0.25, 0.3) is 0 Å². The van der Waals surface area contributed by atoms with Crippen molar-refractivity contribution in [2.24, 2.45) is 5.41 Å². The summed E-state index contributed by atoms with van der Waals surface area (Å²) < 4.78 is 11.3. The number of carboxylic acids is 1. The van der Waals surface area contributed by atoms with Crippen LogP contribution in [0.4, 0.5) is 0 Å². The van der Waals surface area contributed by atoms with E-state index in [0.717, 1.165) is 0 Å². The van der Waals surface area contributed by atoms with Gasteiger partial charge in [0.2, 0.25) is 0 Å². The fraction of sp³-hybridized carbons (Fsp3) is 0.500. The molecule has 0 aliphatic carbocycles. The average Bonchev–Trinajstić information content (AvgIpc) is 2.34. The largest absolute Gasteiger partial charge is 0.492 e. The Balaban J connectivity index is 2.18. The molecule has 1 N–H and O–H groups in total. The predicted molar refractivity (Wildman–Crippen MR) is 77.0 cm³/mol. The molecule has 0 atom stereocenters. The lowest BCUT2D eigenvalue weighted by Crippen LogP contribution is -2.36. The molecule has 0 unspecified atom stereocenters. The Morgan fingerprint density at radius 2 is 2.10 bits per heavy atom. The molecular formula is C16H20O5. The fourth-order valence-electron chi connectivity index (χ4n) is 2.05. The molecule has 0 spiro atoms. The molecule has 21 heavy (non-hydrogen) atoms. The van der Waals surface area contributed by atoms with Gasteiger partial charge in [-0.3, -0.25) is 9.59 Å². The number of Topliss-reactive ketones (excluding diaryl/α,β-unsaturated/α-hetero) is 1. The SMILES string of the molecule is CC1(C)CC(=O)c2ccc(OCC(C)(C)C(=O)O)cc2O1. The number of carbonyl (C=O) groups is 2. The van der Waals surface area contributed by atoms with Crippen LogP contribution in [-0.2, 0) is 4.79 Å². The molecule has 5 nitrogen and oxygen atoms in total. The summed E-state index contributed by atoms with van der Waals surface area (Å²) in [6.45, 7) is 6.94. The number of fused-ring (bicyclic) bond motifs is 1. The van der Waals surface area contributed by atoms with E-state index >= 15 is 0 Å². The first-order chi connectivity index (χ1) is 9.61. The van der Waals surface area contributed by atoms with Crippen LogP contribution in [0.2, 0.25) is 0 Å². The Hall–Kier alpha value is -2.04. The van der Waals surface area contributed by atoms with Crippen LogP contribution in [0.3, 0.4) is 0 Å². The van der Waals surface area contributed by atoms with Crippen LogP contribution in [0.15, 0.2) is 18.2 Å². The van der Waals surface area contributed by atoms with E-state index in [9.17, 15) is 9.59 Å². The monoisotopic (exact) mass is 292 g/mol. The van der Waals surface area contributed by atoms with Gasteiger partial charge in [0.1, 0.15) is 23.7 Å². The molecule has 1 aliphatic rings. The van der Waals surface area contributed by atoms with Crippen LogP contribution in [-0.4, -0.2) is 29.1 Å². The summed E-state index contributed by atoms with van der Waals surface area (Å²) in [6.07, 6.45) is 0.340. The van der Waals surface area contributed by atoms with Gasteiger partial charge in [0, 0.05) is 6.07 Å². The van der Waals surface area contributed by atoms with Gasteiger partial charge < -0.3 is 14.6 Å². The minimum absolute atomic E-state index is 0.0401. The zero-order valence-corrected chi connectivity index (χ0v) is 12.7. The molecule has 1 aromatic rings. The van der Waals surface area contributed by atoms with E-state index < -0.39 is 17.0 Å². The topological polar surface area (TPSA) is 72.8 Å². The van der Waals surface area contributed by atoms with Crippen LogP contribution in [0.1, 0.15) is 44.5 Å². The third-order valence-electron chi connectivity index (χ3n) is 3.40. The molecule has 5 heteroatoms. The van der Waals surface area contributed by atoms with E-state index in [1.165, 1.54) is 0 Å². The van der Waals surface area contributed by atoms with Gasteiger partial charge in [0.05, 0.1) is 17.4 Å². The number of ketones is 1. The summed E-state index contributed by atoms with van der Waals surface area (Å²) >= 11 is 0. The van der Waals surface area contributed by atoms with Crippen molar-refractivity contribution < 1.29 is 24.2 Å². The molecule has 0 saturated heterocycles.